The van der Waals surface area contributed by atoms with Gasteiger partial charge in [-0.1, -0.05) is 71.1 Å². The van der Waals surface area contributed by atoms with E-state index in [1.807, 2.05) is 18.7 Å². The fourth-order valence-electron chi connectivity index (χ4n) is 14.0. The first kappa shape index (κ1) is 139. The summed E-state index contributed by atoms with van der Waals surface area (Å²) >= 11 is 0. The maximum absolute atomic E-state index is 12.6. The third kappa shape index (κ3) is 57.3. The highest BCUT2D eigenvalue weighted by Crippen LogP contribution is 2.31. The Morgan fingerprint density at radius 1 is 0.331 bits per heavy atom. The van der Waals surface area contributed by atoms with E-state index in [0.717, 1.165) is 8.77 Å². The smallest absolute Gasteiger partial charge is 0.427 e. The van der Waals surface area contributed by atoms with Gasteiger partial charge >= 0.3 is 120 Å². The summed E-state index contributed by atoms with van der Waals surface area (Å²) in [5, 5.41) is 125. The van der Waals surface area contributed by atoms with Crippen LogP contribution in [0.15, 0.2) is 0 Å². The van der Waals surface area contributed by atoms with Crippen LogP contribution in [0, 0.1) is 35.5 Å². The molecule has 12 atom stereocenters. The van der Waals surface area contributed by atoms with Gasteiger partial charge in [0.05, 0.1) is 14.2 Å². The van der Waals surface area contributed by atoms with Crippen molar-refractivity contribution in [1.29, 1.82) is 0 Å². The molecule has 0 saturated carbocycles. The van der Waals surface area contributed by atoms with Crippen molar-refractivity contribution in [2.75, 3.05) is 140 Å². The second-order valence-electron chi connectivity index (χ2n) is 29.8. The number of carbonyl (C=O) groups excluding carboxylic acids is 12. The van der Waals surface area contributed by atoms with E-state index in [0.29, 0.717) is 147 Å². The average molecular weight is 2050 g/mol. The number of nitrogens with two attached hydrogens (primary N) is 6. The molecule has 0 unspecified atom stereocenters. The van der Waals surface area contributed by atoms with E-state index < -0.39 is 104 Å². The van der Waals surface area contributed by atoms with Crippen LogP contribution < -0.4 is 44.2 Å². The van der Waals surface area contributed by atoms with Crippen molar-refractivity contribution < 1.29 is 188 Å². The van der Waals surface area contributed by atoms with Crippen LogP contribution >= 0.6 is 0 Å². The topological polar surface area (TPSA) is 927 Å². The highest BCUT2D eigenvalue weighted by molar-refractivity contribution is 7.88. The maximum atomic E-state index is 12.6. The molecule has 6 aliphatic rings. The van der Waals surface area contributed by atoms with Gasteiger partial charge < -0.3 is 99.9 Å². The minimum atomic E-state index is -3.85. The average Bonchev–Trinajstić information content (AvgIpc) is 1.66. The van der Waals surface area contributed by atoms with E-state index in [1.54, 1.807) is 33.0 Å². The molecule has 6 fully saturated rings. The van der Waals surface area contributed by atoms with Gasteiger partial charge in [0.2, 0.25) is 0 Å². The van der Waals surface area contributed by atoms with Gasteiger partial charge in [-0.2, -0.15) is 138 Å². The molecule has 6 heterocycles. The third-order valence-electron chi connectivity index (χ3n) is 20.5. The zero-order valence-electron chi connectivity index (χ0n) is 75.8. The number of hydrazine groups is 1. The quantitative estimate of drug-likeness (QED) is 0.0199. The van der Waals surface area contributed by atoms with Gasteiger partial charge in [-0.15, -0.1) is 4.41 Å². The Kier molecular flexibility index (Phi) is 79.1. The van der Waals surface area contributed by atoms with Crippen molar-refractivity contribution in [2.24, 2.45) is 69.9 Å². The second-order valence-corrected chi connectivity index (χ2v) is 40.5. The Morgan fingerprint density at radius 2 is 0.549 bits per heavy atom. The molecule has 6 saturated heterocycles. The van der Waals surface area contributed by atoms with Crippen LogP contribution in [-0.2, 0) is 128 Å². The van der Waals surface area contributed by atoms with Gasteiger partial charge in [0.25, 0.3) is 20.4 Å². The number of rotatable bonds is 44. The first-order valence-electron chi connectivity index (χ1n) is 41.2. The van der Waals surface area contributed by atoms with E-state index in [9.17, 15) is 55.7 Å². The van der Waals surface area contributed by atoms with Crippen LogP contribution in [0.25, 0.3) is 0 Å². The lowest BCUT2D eigenvalue weighted by molar-refractivity contribution is -0.193. The first-order valence-corrected chi connectivity index (χ1v) is 49.7. The van der Waals surface area contributed by atoms with Crippen molar-refractivity contribution in [3.8, 4) is 0 Å². The predicted octanol–water partition coefficient (Wildman–Crippen LogP) is -13.2. The summed E-state index contributed by atoms with van der Waals surface area (Å²) in [6.07, 6.45) is 10.7. The van der Waals surface area contributed by atoms with Gasteiger partial charge in [0.15, 0.2) is 0 Å². The van der Waals surface area contributed by atoms with Crippen LogP contribution in [0.4, 0.5) is 0 Å². The molecular weight excluding hydrogens is 1910 g/mol. The summed E-state index contributed by atoms with van der Waals surface area (Å²) in [5.74, 6) is 0.130. The molecule has 774 valence electrons. The molecule has 71 heteroatoms. The van der Waals surface area contributed by atoms with Crippen LogP contribution in [0.3, 0.4) is 0 Å². The lowest BCUT2D eigenvalue weighted by Crippen LogP contribution is -2.49. The SMILES string of the molecule is CCN(CC)S(=O)(=O)N1C[C@H](CCCB(O)O)[C@@H](N)C1.CCN(N(C)C)S(=O)(=O)N1C[C@H](CCCB(O)O)[C@@H](N)C1.CCN(O)S(=O)(=O)N1C[C@H](CCCB(O)O)[C@@H](N)C1.CCN(OC)S(=O)(=O)N1C[C@H](CCCB(O)O)[C@@H](N)C1.CONS(=O)(=O)N1C[C@H](CCCB(O)O)[C@@H](N)C1.N[C@H]1CN(S(=O)(=O)NO)C[C@@H]1CCCB(O)O.O=C=O.O=C=O.O=C=O.O=C=O.O=C=O.O=C=O. The van der Waals surface area contributed by atoms with Crippen LogP contribution in [0.1, 0.15) is 112 Å². The van der Waals surface area contributed by atoms with Crippen molar-refractivity contribution in [3.05, 3.63) is 0 Å². The van der Waals surface area contributed by atoms with Gasteiger partial charge in [0.1, 0.15) is 0 Å². The third-order valence-corrected chi connectivity index (χ3v) is 30.9. The molecule has 28 N–H and O–H groups in total. The van der Waals surface area contributed by atoms with Crippen LogP contribution in [0.5, 0.6) is 0 Å². The van der Waals surface area contributed by atoms with Gasteiger partial charge in [-0.25, -0.2) is 5.01 Å². The fourth-order valence-corrected chi connectivity index (χ4v) is 22.3. The molecule has 0 spiro atoms. The largest absolute Gasteiger partial charge is 0.451 e. The summed E-state index contributed by atoms with van der Waals surface area (Å²) in [6, 6.07) is -1.47. The second kappa shape index (κ2) is 75.9. The molecule has 133 heavy (non-hydrogen) atoms. The number of nitrogens with one attached hydrogen (secondary N) is 2. The molecule has 0 radical (unpaired) electrons. The van der Waals surface area contributed by atoms with Crippen LogP contribution in [0.2, 0.25) is 37.9 Å². The monoisotopic (exact) mass is 2050 g/mol. The summed E-state index contributed by atoms with van der Waals surface area (Å²) < 4.78 is 156. The van der Waals surface area contributed by atoms with Crippen molar-refractivity contribution in [2.45, 2.75) is 186 Å². The van der Waals surface area contributed by atoms with E-state index >= 15 is 0 Å². The predicted molar refractivity (Wildman–Crippen MR) is 465 cm³/mol. The van der Waals surface area contributed by atoms with E-state index in [2.05, 4.69) is 4.84 Å². The molecule has 0 aromatic carbocycles. The Bertz CT molecular complexity index is 3860. The highest BCUT2D eigenvalue weighted by atomic mass is 32.2. The normalized spacial score (nSPS) is 22.0. The molecule has 0 aliphatic carbocycles. The van der Waals surface area contributed by atoms with Crippen molar-refractivity contribution >= 4 is 141 Å². The Hall–Kier alpha value is -5.03. The molecular formula is C62H137B6N19O40S6. The number of hydrogen-bond acceptors (Lipinski definition) is 47. The molecule has 59 nitrogen and oxygen atoms in total. The highest BCUT2D eigenvalue weighted by Gasteiger charge is 2.45. The standard InChI is InChI=1S/C11H27BN4O4S.C11H26BN3O4S.C10H24BN3O5S.C9H22BN3O5S.C8H20BN3O5S.C7H18BN3O5S.6CO2/c1-4-16(14(2)3)21(19,20)15-8-10(11(13)9-15)6-5-7-12(17)18;1-3-14(4-2)20(18,19)15-8-10(11(13)9-15)6-5-7-12(16)17;1-3-14(19-2)20(17,18)13-7-9(10(12)8-13)5-4-6-11(15)16;1-2-13(16)19(17,18)12-6-8(9(11)7-12)4-3-5-10(14)15;1-17-11-18(15,16)12-5-7(8(10)6-12)3-2-4-9(13)14;9-7-5-11(17(15,16)10-14)4-6(7)2-1-3-8(12)13;6*2-1-3/h10-11,17-18H,4-9,13H2,1-3H3;10-11,16-17H,3-9,13H2,1-2H3;9-10,15-16H,3-8,12H2,1-2H3;8-9,14-16H,2-7,11H2,1H3;7-8,11,13-14H,2-6,10H2,1H3;6-7,10,12-14H,1-5,9H2;;;;;;/t2*10-,11-;9-,10-;8-,9-;7-,8-;6-,7-;;;;;;/m000000....../s1. The van der Waals surface area contributed by atoms with Crippen molar-refractivity contribution in [1.82, 2.24) is 58.3 Å². The molecule has 6 rings (SSSR count). The van der Waals surface area contributed by atoms with E-state index in [4.69, 9.17) is 162 Å². The van der Waals surface area contributed by atoms with Crippen molar-refractivity contribution in [3.63, 3.8) is 0 Å². The first-order chi connectivity index (χ1) is 61.8. The minimum absolute atomic E-state index is 0.0184. The molecule has 0 aromatic rings. The number of hydrogen-bond donors (Lipinski definition) is 22. The molecule has 0 bridgehead atoms. The minimum Gasteiger partial charge on any atom is -0.427 e. The lowest BCUT2D eigenvalue weighted by atomic mass is 9.82. The summed E-state index contributed by atoms with van der Waals surface area (Å²) in [6.45, 7) is 13.5. The molecule has 0 amide bonds. The van der Waals surface area contributed by atoms with Crippen LogP contribution in [-0.4, -0.2) is 425 Å². The Morgan fingerprint density at radius 3 is 0.744 bits per heavy atom. The number of hydroxylamine groups is 2. The zero-order chi connectivity index (χ0) is 105. The van der Waals surface area contributed by atoms with Gasteiger partial charge in [-0.05, 0) is 133 Å². The summed E-state index contributed by atoms with van der Waals surface area (Å²) in [5.41, 5.74) is 35.6. The Balaban J connectivity index is -0.000000350. The maximum Gasteiger partial charge on any atom is 0.451 e. The Labute approximate surface area is 778 Å². The summed E-state index contributed by atoms with van der Waals surface area (Å²) in [4.78, 5) is 110. The molecule has 6 aliphatic heterocycles. The van der Waals surface area contributed by atoms with E-state index in [-0.39, 0.29) is 193 Å². The lowest BCUT2D eigenvalue weighted by Gasteiger charge is -2.30. The fraction of sp³-hybridized carbons (Fsp3) is 0.903. The number of nitrogens with zero attached hydrogens (tertiary/aromatic N) is 11. The van der Waals surface area contributed by atoms with Gasteiger partial charge in [-0.3, -0.25) is 14.9 Å². The van der Waals surface area contributed by atoms with E-state index in [1.165, 1.54) is 56.3 Å². The zero-order valence-corrected chi connectivity index (χ0v) is 80.7. The summed E-state index contributed by atoms with van der Waals surface area (Å²) in [7, 11) is -24.0. The molecule has 0 aromatic heterocycles. The van der Waals surface area contributed by atoms with Gasteiger partial charge in [0, 0.05) is 162 Å².